The molecule has 0 aliphatic carbocycles. The fraction of sp³-hybridized carbons (Fsp3) is 0.353. The van der Waals surface area contributed by atoms with Gasteiger partial charge in [-0.25, -0.2) is 4.98 Å². The van der Waals surface area contributed by atoms with Crippen LogP contribution in [0.4, 0.5) is 0 Å². The lowest BCUT2D eigenvalue weighted by Crippen LogP contribution is -2.19. The molecule has 110 valence electrons. The van der Waals surface area contributed by atoms with E-state index in [9.17, 15) is 0 Å². The number of hydrogen-bond donors (Lipinski definition) is 1. The molecule has 0 unspecified atom stereocenters. The second-order valence-electron chi connectivity index (χ2n) is 5.94. The van der Waals surface area contributed by atoms with Crippen LogP contribution in [0.1, 0.15) is 22.8 Å². The number of nitrogens with zero attached hydrogens (tertiary/aromatic N) is 3. The molecule has 21 heavy (non-hydrogen) atoms. The van der Waals surface area contributed by atoms with Gasteiger partial charge in [-0.15, -0.1) is 0 Å². The van der Waals surface area contributed by atoms with E-state index in [2.05, 4.69) is 64.7 Å². The van der Waals surface area contributed by atoms with Gasteiger partial charge in [0.25, 0.3) is 0 Å². The molecule has 0 aliphatic heterocycles. The van der Waals surface area contributed by atoms with Gasteiger partial charge in [-0.05, 0) is 39.1 Å². The van der Waals surface area contributed by atoms with Gasteiger partial charge in [0.05, 0.1) is 6.54 Å². The van der Waals surface area contributed by atoms with Crippen molar-refractivity contribution in [1.82, 2.24) is 19.4 Å². The first-order valence-electron chi connectivity index (χ1n) is 7.27. The van der Waals surface area contributed by atoms with Crippen LogP contribution in [0.5, 0.6) is 0 Å². The summed E-state index contributed by atoms with van der Waals surface area (Å²) in [7, 11) is 4.26. The van der Waals surface area contributed by atoms with E-state index in [1.165, 1.54) is 22.2 Å². The number of fused-ring (bicyclic) bond motifs is 1. The molecule has 0 aliphatic rings. The van der Waals surface area contributed by atoms with Crippen molar-refractivity contribution in [3.8, 4) is 0 Å². The van der Waals surface area contributed by atoms with Crippen molar-refractivity contribution < 1.29 is 0 Å². The van der Waals surface area contributed by atoms with Crippen LogP contribution >= 0.6 is 0 Å². The third kappa shape index (κ3) is 2.85. The first-order valence-corrected chi connectivity index (χ1v) is 7.27. The van der Waals surface area contributed by atoms with E-state index in [0.717, 1.165) is 24.6 Å². The highest BCUT2D eigenvalue weighted by Gasteiger charge is 2.09. The molecule has 3 rings (SSSR count). The molecule has 0 radical (unpaired) electrons. The number of rotatable bonds is 4. The van der Waals surface area contributed by atoms with Gasteiger partial charge in [0.15, 0.2) is 0 Å². The Morgan fingerprint density at radius 1 is 1.19 bits per heavy atom. The third-order valence-electron chi connectivity index (χ3n) is 3.90. The predicted molar refractivity (Wildman–Crippen MR) is 86.2 cm³/mol. The topological polar surface area (TPSA) is 36.9 Å². The van der Waals surface area contributed by atoms with Crippen LogP contribution in [0.3, 0.4) is 0 Å². The number of benzene rings is 1. The van der Waals surface area contributed by atoms with E-state index in [4.69, 9.17) is 0 Å². The largest absolute Gasteiger partial charge is 0.346 e. The summed E-state index contributed by atoms with van der Waals surface area (Å²) < 4.78 is 2.28. The molecule has 4 nitrogen and oxygen atoms in total. The number of aromatic nitrogens is 3. The second-order valence-corrected chi connectivity index (χ2v) is 5.94. The molecule has 1 aromatic carbocycles. The first kappa shape index (κ1) is 13.9. The molecule has 1 N–H and O–H groups in total. The summed E-state index contributed by atoms with van der Waals surface area (Å²) >= 11 is 0. The van der Waals surface area contributed by atoms with Crippen molar-refractivity contribution in [2.24, 2.45) is 7.05 Å². The number of aromatic amines is 1. The van der Waals surface area contributed by atoms with Crippen LogP contribution in [-0.2, 0) is 20.1 Å². The Kier molecular flexibility index (Phi) is 3.55. The fourth-order valence-electron chi connectivity index (χ4n) is 2.81. The SMILES string of the molecule is Cc1ccc2c(c1)cc(CN(C)Cc1ncc(C)[nH]1)n2C. The molecule has 0 amide bonds. The van der Waals surface area contributed by atoms with E-state index in [1.807, 2.05) is 13.1 Å². The van der Waals surface area contributed by atoms with Crippen molar-refractivity contribution >= 4 is 10.9 Å². The molecule has 2 aromatic heterocycles. The van der Waals surface area contributed by atoms with Gasteiger partial charge in [-0.3, -0.25) is 4.90 Å². The zero-order valence-corrected chi connectivity index (χ0v) is 13.1. The van der Waals surface area contributed by atoms with Gasteiger partial charge in [-0.1, -0.05) is 11.6 Å². The lowest BCUT2D eigenvalue weighted by atomic mass is 10.2. The van der Waals surface area contributed by atoms with Gasteiger partial charge < -0.3 is 9.55 Å². The highest BCUT2D eigenvalue weighted by Crippen LogP contribution is 2.21. The summed E-state index contributed by atoms with van der Waals surface area (Å²) in [4.78, 5) is 9.93. The van der Waals surface area contributed by atoms with Gasteiger partial charge in [0, 0.05) is 42.1 Å². The lowest BCUT2D eigenvalue weighted by molar-refractivity contribution is 0.305. The lowest BCUT2D eigenvalue weighted by Gasteiger charge is -2.15. The summed E-state index contributed by atoms with van der Waals surface area (Å²) in [5, 5.41) is 1.31. The maximum Gasteiger partial charge on any atom is 0.120 e. The smallest absolute Gasteiger partial charge is 0.120 e. The Morgan fingerprint density at radius 3 is 2.71 bits per heavy atom. The van der Waals surface area contributed by atoms with Crippen LogP contribution in [0, 0.1) is 13.8 Å². The van der Waals surface area contributed by atoms with Gasteiger partial charge in [0.1, 0.15) is 5.82 Å². The van der Waals surface area contributed by atoms with Crippen LogP contribution in [0.15, 0.2) is 30.5 Å². The number of nitrogens with one attached hydrogen (secondary N) is 1. The van der Waals surface area contributed by atoms with E-state index in [0.29, 0.717) is 0 Å². The molecule has 0 saturated heterocycles. The molecule has 0 spiro atoms. The standard InChI is InChI=1S/C17H22N4/c1-12-5-6-16-14(7-12)8-15(21(16)4)10-20(3)11-17-18-9-13(2)19-17/h5-9H,10-11H2,1-4H3,(H,18,19). The highest BCUT2D eigenvalue weighted by molar-refractivity contribution is 5.82. The maximum absolute atomic E-state index is 4.37. The Hall–Kier alpha value is -2.07. The Balaban J connectivity index is 1.79. The van der Waals surface area contributed by atoms with E-state index in [-0.39, 0.29) is 0 Å². The van der Waals surface area contributed by atoms with Crippen LogP contribution in [0.2, 0.25) is 0 Å². The number of hydrogen-bond acceptors (Lipinski definition) is 2. The minimum Gasteiger partial charge on any atom is -0.346 e. The zero-order chi connectivity index (χ0) is 15.0. The molecule has 0 saturated carbocycles. The minimum absolute atomic E-state index is 0.828. The van der Waals surface area contributed by atoms with Crippen LogP contribution in [-0.4, -0.2) is 26.5 Å². The monoisotopic (exact) mass is 282 g/mol. The number of H-pyrrole nitrogens is 1. The Labute approximate surface area is 125 Å². The minimum atomic E-state index is 0.828. The van der Waals surface area contributed by atoms with E-state index >= 15 is 0 Å². The van der Waals surface area contributed by atoms with Crippen molar-refractivity contribution in [1.29, 1.82) is 0 Å². The Bertz CT molecular complexity index is 766. The van der Waals surface area contributed by atoms with Crippen LogP contribution < -0.4 is 0 Å². The molecule has 0 fully saturated rings. The van der Waals surface area contributed by atoms with Gasteiger partial charge in [-0.2, -0.15) is 0 Å². The molecule has 2 heterocycles. The zero-order valence-electron chi connectivity index (χ0n) is 13.1. The highest BCUT2D eigenvalue weighted by atomic mass is 15.1. The fourth-order valence-corrected chi connectivity index (χ4v) is 2.81. The van der Waals surface area contributed by atoms with Crippen molar-refractivity contribution in [2.45, 2.75) is 26.9 Å². The van der Waals surface area contributed by atoms with E-state index in [1.54, 1.807) is 0 Å². The van der Waals surface area contributed by atoms with Gasteiger partial charge >= 0.3 is 0 Å². The molecular formula is C17H22N4. The predicted octanol–water partition coefficient (Wildman–Crippen LogP) is 3.15. The van der Waals surface area contributed by atoms with Gasteiger partial charge in [0.2, 0.25) is 0 Å². The van der Waals surface area contributed by atoms with Crippen molar-refractivity contribution in [3.63, 3.8) is 0 Å². The van der Waals surface area contributed by atoms with Crippen molar-refractivity contribution in [3.05, 3.63) is 53.2 Å². The summed E-state index contributed by atoms with van der Waals surface area (Å²) in [6.07, 6.45) is 1.88. The number of aryl methyl sites for hydroxylation is 3. The third-order valence-corrected chi connectivity index (χ3v) is 3.90. The average Bonchev–Trinajstić information content (AvgIpc) is 2.94. The van der Waals surface area contributed by atoms with Crippen LogP contribution in [0.25, 0.3) is 10.9 Å². The molecule has 4 heteroatoms. The van der Waals surface area contributed by atoms with Crippen molar-refractivity contribution in [2.75, 3.05) is 7.05 Å². The normalized spacial score (nSPS) is 11.7. The second kappa shape index (κ2) is 5.37. The number of imidazole rings is 1. The average molecular weight is 282 g/mol. The summed E-state index contributed by atoms with van der Waals surface area (Å²) in [6, 6.07) is 8.90. The molecule has 0 bridgehead atoms. The van der Waals surface area contributed by atoms with E-state index < -0.39 is 0 Å². The first-order chi connectivity index (χ1) is 10.0. The molecule has 3 aromatic rings. The summed E-state index contributed by atoms with van der Waals surface area (Å²) in [5.74, 6) is 1.02. The summed E-state index contributed by atoms with van der Waals surface area (Å²) in [6.45, 7) is 5.90. The Morgan fingerprint density at radius 2 is 2.00 bits per heavy atom. The summed E-state index contributed by atoms with van der Waals surface area (Å²) in [5.41, 5.74) is 5.02. The maximum atomic E-state index is 4.37. The molecular weight excluding hydrogens is 260 g/mol. The molecule has 0 atom stereocenters. The quantitative estimate of drug-likeness (QED) is 0.798.